The number of ether oxygens (including phenoxy) is 1. The molecule has 0 aliphatic heterocycles. The van der Waals surface area contributed by atoms with Gasteiger partial charge in [-0.3, -0.25) is 4.79 Å². The molecule has 4 N–H and O–H groups in total. The number of allylic oxidation sites excluding steroid dienone is 1. The minimum absolute atomic E-state index is 0.0578. The molecule has 0 bridgehead atoms. The van der Waals surface area contributed by atoms with Crippen LogP contribution in [-0.4, -0.2) is 51.0 Å². The van der Waals surface area contributed by atoms with E-state index in [0.717, 1.165) is 28.9 Å². The van der Waals surface area contributed by atoms with E-state index in [4.69, 9.17) is 10.5 Å². The number of hydrogen-bond acceptors (Lipinski definition) is 7. The van der Waals surface area contributed by atoms with Gasteiger partial charge >= 0.3 is 5.97 Å². The van der Waals surface area contributed by atoms with Crippen LogP contribution in [0.15, 0.2) is 12.4 Å². The fourth-order valence-electron chi connectivity index (χ4n) is 4.13. The number of rotatable bonds is 6. The highest BCUT2D eigenvalue weighted by Crippen LogP contribution is 2.43. The van der Waals surface area contributed by atoms with Crippen molar-refractivity contribution in [2.24, 2.45) is 23.5 Å². The molecule has 2 aliphatic rings. The molecular formula is C20H29N3O4. The summed E-state index contributed by atoms with van der Waals surface area (Å²) in [6, 6.07) is -0.659. The van der Waals surface area contributed by atoms with Crippen LogP contribution in [0.5, 0.6) is 0 Å². The molecule has 5 atom stereocenters. The van der Waals surface area contributed by atoms with E-state index in [1.165, 1.54) is 6.33 Å². The smallest absolute Gasteiger partial charge is 0.322 e. The van der Waals surface area contributed by atoms with E-state index in [2.05, 4.69) is 16.0 Å². The first-order valence-electron chi connectivity index (χ1n) is 9.58. The number of carbonyl (C=O) groups excluding carboxylic acids is 1. The van der Waals surface area contributed by atoms with Crippen LogP contribution in [0.2, 0.25) is 0 Å². The third-order valence-electron chi connectivity index (χ3n) is 5.63. The highest BCUT2D eigenvalue weighted by atomic mass is 16.5. The maximum atomic E-state index is 12.0. The molecule has 1 heterocycles. The van der Waals surface area contributed by atoms with Crippen LogP contribution in [-0.2, 0) is 16.0 Å². The van der Waals surface area contributed by atoms with Crippen molar-refractivity contribution in [1.29, 1.82) is 0 Å². The fourth-order valence-corrected chi connectivity index (χ4v) is 4.13. The molecule has 148 valence electrons. The van der Waals surface area contributed by atoms with Crippen LogP contribution in [0.4, 0.5) is 0 Å². The van der Waals surface area contributed by atoms with Gasteiger partial charge in [0, 0.05) is 23.1 Å². The Morgan fingerprint density at radius 1 is 1.33 bits per heavy atom. The van der Waals surface area contributed by atoms with Crippen molar-refractivity contribution < 1.29 is 19.7 Å². The molecule has 1 fully saturated rings. The Bertz CT molecular complexity index is 734. The minimum Gasteiger partial charge on any atom is -0.464 e. The molecule has 0 amide bonds. The van der Waals surface area contributed by atoms with Gasteiger partial charge in [-0.05, 0) is 37.7 Å². The average molecular weight is 375 g/mol. The first-order chi connectivity index (χ1) is 12.8. The summed E-state index contributed by atoms with van der Waals surface area (Å²) in [6.07, 6.45) is 3.55. The van der Waals surface area contributed by atoms with Crippen LogP contribution >= 0.6 is 0 Å². The first kappa shape index (κ1) is 19.9. The number of nitrogens with zero attached hydrogens (tertiary/aromatic N) is 2. The standard InChI is InChI=1S/C20H29N3O4/c1-10(2)6-16(21)20(26)27-8-12-7-15(19(25)18(12)24)14-5-4-13-11(3)22-9-23-17(13)14/h5,9-10,12,15-16,18-19,24-25H,4,6-8,21H2,1-3H3/t12-,15+,16+,18-,19+/m1/s1. The zero-order chi connectivity index (χ0) is 19.7. The molecule has 7 nitrogen and oxygen atoms in total. The molecule has 1 saturated carbocycles. The normalized spacial score (nSPS) is 28.2. The summed E-state index contributed by atoms with van der Waals surface area (Å²) in [6.45, 7) is 5.99. The molecule has 7 heteroatoms. The number of nitrogens with two attached hydrogens (primary N) is 1. The van der Waals surface area contributed by atoms with Gasteiger partial charge < -0.3 is 20.7 Å². The number of hydrogen-bond donors (Lipinski definition) is 3. The van der Waals surface area contributed by atoms with Crippen LogP contribution in [0.3, 0.4) is 0 Å². The van der Waals surface area contributed by atoms with Crippen LogP contribution < -0.4 is 5.73 Å². The SMILES string of the molecule is Cc1ncnc2c1CC=C2[C@@H]1C[C@H](COC(=O)[C@@H](N)CC(C)C)[C@@H](O)[C@H]1O. The molecule has 0 spiro atoms. The monoisotopic (exact) mass is 375 g/mol. The summed E-state index contributed by atoms with van der Waals surface area (Å²) in [5.41, 5.74) is 9.66. The van der Waals surface area contributed by atoms with Crippen LogP contribution in [0.1, 0.15) is 43.6 Å². The van der Waals surface area contributed by atoms with Gasteiger partial charge in [-0.2, -0.15) is 0 Å². The molecule has 3 rings (SSSR count). The van der Waals surface area contributed by atoms with Crippen LogP contribution in [0.25, 0.3) is 5.57 Å². The fraction of sp³-hybridized carbons (Fsp3) is 0.650. The molecule has 0 saturated heterocycles. The Labute approximate surface area is 159 Å². The largest absolute Gasteiger partial charge is 0.464 e. The molecule has 0 aromatic carbocycles. The Morgan fingerprint density at radius 2 is 2.07 bits per heavy atom. The van der Waals surface area contributed by atoms with Gasteiger partial charge in [0.2, 0.25) is 0 Å². The van der Waals surface area contributed by atoms with E-state index in [1.54, 1.807) is 0 Å². The summed E-state index contributed by atoms with van der Waals surface area (Å²) in [5, 5.41) is 21.0. The zero-order valence-corrected chi connectivity index (χ0v) is 16.1. The Kier molecular flexibility index (Phi) is 5.93. The van der Waals surface area contributed by atoms with Gasteiger partial charge in [0.25, 0.3) is 0 Å². The Hall–Kier alpha value is -1.83. The minimum atomic E-state index is -0.947. The van der Waals surface area contributed by atoms with E-state index in [-0.39, 0.29) is 18.4 Å². The lowest BCUT2D eigenvalue weighted by atomic mass is 9.93. The number of aliphatic hydroxyl groups excluding tert-OH is 2. The lowest BCUT2D eigenvalue weighted by Gasteiger charge is -2.19. The molecule has 2 aliphatic carbocycles. The van der Waals surface area contributed by atoms with E-state index in [9.17, 15) is 15.0 Å². The number of aryl methyl sites for hydroxylation is 1. The van der Waals surface area contributed by atoms with Crippen molar-refractivity contribution in [2.45, 2.75) is 58.3 Å². The lowest BCUT2D eigenvalue weighted by Crippen LogP contribution is -2.36. The van der Waals surface area contributed by atoms with Crippen molar-refractivity contribution in [2.75, 3.05) is 6.61 Å². The highest BCUT2D eigenvalue weighted by molar-refractivity contribution is 5.75. The molecule has 1 aromatic rings. The van der Waals surface area contributed by atoms with Crippen molar-refractivity contribution in [1.82, 2.24) is 9.97 Å². The number of esters is 1. The lowest BCUT2D eigenvalue weighted by molar-refractivity contribution is -0.148. The third-order valence-corrected chi connectivity index (χ3v) is 5.63. The average Bonchev–Trinajstić information content (AvgIpc) is 3.16. The molecule has 27 heavy (non-hydrogen) atoms. The maximum absolute atomic E-state index is 12.0. The summed E-state index contributed by atoms with van der Waals surface area (Å²) in [7, 11) is 0. The Balaban J connectivity index is 1.64. The zero-order valence-electron chi connectivity index (χ0n) is 16.1. The summed E-state index contributed by atoms with van der Waals surface area (Å²) < 4.78 is 5.33. The van der Waals surface area contributed by atoms with Crippen molar-refractivity contribution >= 4 is 11.5 Å². The van der Waals surface area contributed by atoms with Gasteiger partial charge in [-0.1, -0.05) is 19.9 Å². The van der Waals surface area contributed by atoms with Gasteiger partial charge in [-0.15, -0.1) is 0 Å². The first-order valence-corrected chi connectivity index (χ1v) is 9.58. The topological polar surface area (TPSA) is 119 Å². The molecule has 0 unspecified atom stereocenters. The second-order valence-corrected chi connectivity index (χ2v) is 8.10. The van der Waals surface area contributed by atoms with E-state index >= 15 is 0 Å². The highest BCUT2D eigenvalue weighted by Gasteiger charge is 2.45. The van der Waals surface area contributed by atoms with Crippen molar-refractivity contribution in [3.63, 3.8) is 0 Å². The Morgan fingerprint density at radius 3 is 2.78 bits per heavy atom. The second kappa shape index (κ2) is 8.04. The molecule has 0 radical (unpaired) electrons. The van der Waals surface area contributed by atoms with Gasteiger partial charge in [-0.25, -0.2) is 9.97 Å². The number of aromatic nitrogens is 2. The predicted octanol–water partition coefficient (Wildman–Crippen LogP) is 0.999. The van der Waals surface area contributed by atoms with E-state index in [0.29, 0.717) is 18.8 Å². The van der Waals surface area contributed by atoms with Crippen molar-refractivity contribution in [3.8, 4) is 0 Å². The van der Waals surface area contributed by atoms with Gasteiger partial charge in [0.1, 0.15) is 12.4 Å². The van der Waals surface area contributed by atoms with Gasteiger partial charge in [0.05, 0.1) is 24.5 Å². The molecular weight excluding hydrogens is 346 g/mol. The van der Waals surface area contributed by atoms with Gasteiger partial charge in [0.15, 0.2) is 0 Å². The number of carbonyl (C=O) groups is 1. The van der Waals surface area contributed by atoms with E-state index < -0.39 is 24.2 Å². The number of aliphatic hydroxyl groups is 2. The maximum Gasteiger partial charge on any atom is 0.322 e. The third kappa shape index (κ3) is 4.05. The number of fused-ring (bicyclic) bond motifs is 1. The summed E-state index contributed by atoms with van der Waals surface area (Å²) in [5.74, 6) is -0.713. The van der Waals surface area contributed by atoms with Crippen LogP contribution in [0, 0.1) is 24.7 Å². The van der Waals surface area contributed by atoms with Crippen molar-refractivity contribution in [3.05, 3.63) is 29.4 Å². The predicted molar refractivity (Wildman–Crippen MR) is 100 cm³/mol. The molecule has 1 aromatic heterocycles. The second-order valence-electron chi connectivity index (χ2n) is 8.10. The quantitative estimate of drug-likeness (QED) is 0.635. The summed E-state index contributed by atoms with van der Waals surface area (Å²) in [4.78, 5) is 20.6. The summed E-state index contributed by atoms with van der Waals surface area (Å²) >= 11 is 0. The van der Waals surface area contributed by atoms with E-state index in [1.807, 2.05) is 20.8 Å².